The molecule has 20 heavy (non-hydrogen) atoms. The van der Waals surface area contributed by atoms with E-state index in [1.54, 1.807) is 23.7 Å². The lowest BCUT2D eigenvalue weighted by Gasteiger charge is -2.29. The Morgan fingerprint density at radius 3 is 2.50 bits per heavy atom. The Hall–Kier alpha value is -0.790. The topological polar surface area (TPSA) is 29.3 Å². The number of halogens is 4. The molecule has 1 unspecified atom stereocenters. The maximum Gasteiger partial charge on any atom is 0.416 e. The lowest BCUT2D eigenvalue weighted by molar-refractivity contribution is -0.138. The van der Waals surface area contributed by atoms with Gasteiger partial charge in [-0.05, 0) is 31.0 Å². The van der Waals surface area contributed by atoms with Crippen molar-refractivity contribution in [3.8, 4) is 0 Å². The Morgan fingerprint density at radius 1 is 1.35 bits per heavy atom. The fourth-order valence-electron chi connectivity index (χ4n) is 2.00. The zero-order valence-electron chi connectivity index (χ0n) is 11.4. The van der Waals surface area contributed by atoms with Gasteiger partial charge in [-0.2, -0.15) is 24.9 Å². The van der Waals surface area contributed by atoms with Gasteiger partial charge in [0.25, 0.3) is 0 Å². The molecule has 7 heteroatoms. The lowest BCUT2D eigenvalue weighted by Crippen LogP contribution is -2.33. The monoisotopic (exact) mass is 310 g/mol. The summed E-state index contributed by atoms with van der Waals surface area (Å²) in [6.45, 7) is 0.650. The molecule has 0 fully saturated rings. The van der Waals surface area contributed by atoms with Gasteiger partial charge < -0.3 is 5.73 Å². The van der Waals surface area contributed by atoms with E-state index in [2.05, 4.69) is 0 Å². The van der Waals surface area contributed by atoms with Crippen LogP contribution >= 0.6 is 11.8 Å². The number of hydrogen-bond acceptors (Lipinski definition) is 3. The summed E-state index contributed by atoms with van der Waals surface area (Å²) in [6.07, 6.45) is -2.67. The fraction of sp³-hybridized carbons (Fsp3) is 0.538. The zero-order chi connectivity index (χ0) is 15.3. The van der Waals surface area contributed by atoms with E-state index >= 15 is 0 Å². The first kappa shape index (κ1) is 17.3. The summed E-state index contributed by atoms with van der Waals surface area (Å²) in [5.41, 5.74) is 4.68. The molecule has 1 aromatic carbocycles. The van der Waals surface area contributed by atoms with Gasteiger partial charge in [0, 0.05) is 24.9 Å². The summed E-state index contributed by atoms with van der Waals surface area (Å²) in [7, 11) is 1.72. The van der Waals surface area contributed by atoms with Crippen molar-refractivity contribution < 1.29 is 17.6 Å². The first-order valence-corrected chi connectivity index (χ1v) is 7.46. The fourth-order valence-corrected chi connectivity index (χ4v) is 2.47. The Kier molecular flexibility index (Phi) is 6.29. The quantitative estimate of drug-likeness (QED) is 0.819. The molecule has 0 heterocycles. The van der Waals surface area contributed by atoms with Crippen molar-refractivity contribution in [1.29, 1.82) is 0 Å². The van der Waals surface area contributed by atoms with Gasteiger partial charge in [0.05, 0.1) is 5.56 Å². The number of hydrogen-bond donors (Lipinski definition) is 1. The summed E-state index contributed by atoms with van der Waals surface area (Å²) in [5.74, 6) is -0.112. The van der Waals surface area contributed by atoms with E-state index in [-0.39, 0.29) is 12.1 Å². The highest BCUT2D eigenvalue weighted by molar-refractivity contribution is 7.98. The number of likely N-dealkylation sites (N-methyl/N-ethyl adjacent to an activating group) is 1. The Morgan fingerprint density at radius 2 is 2.00 bits per heavy atom. The van der Waals surface area contributed by atoms with Crippen molar-refractivity contribution in [3.05, 3.63) is 35.1 Å². The molecular formula is C13H18F4N2S. The second-order valence-electron chi connectivity index (χ2n) is 4.45. The van der Waals surface area contributed by atoms with Crippen LogP contribution in [0, 0.1) is 5.82 Å². The highest BCUT2D eigenvalue weighted by atomic mass is 32.2. The van der Waals surface area contributed by atoms with Gasteiger partial charge in [-0.1, -0.05) is 6.07 Å². The summed E-state index contributed by atoms with van der Waals surface area (Å²) in [5, 5.41) is 0. The SMILES string of the molecule is CSCCN(C)C(CN)c1ccc(F)cc1C(F)(F)F. The largest absolute Gasteiger partial charge is 0.416 e. The van der Waals surface area contributed by atoms with Crippen LogP contribution in [0.1, 0.15) is 17.2 Å². The van der Waals surface area contributed by atoms with Crippen LogP contribution in [0.2, 0.25) is 0 Å². The summed E-state index contributed by atoms with van der Waals surface area (Å²) in [6, 6.07) is 2.15. The van der Waals surface area contributed by atoms with Gasteiger partial charge >= 0.3 is 6.18 Å². The van der Waals surface area contributed by atoms with Crippen molar-refractivity contribution in [1.82, 2.24) is 4.90 Å². The van der Waals surface area contributed by atoms with E-state index in [1.807, 2.05) is 6.26 Å². The highest BCUT2D eigenvalue weighted by Crippen LogP contribution is 2.36. The van der Waals surface area contributed by atoms with E-state index in [0.717, 1.165) is 11.8 Å². The van der Waals surface area contributed by atoms with Crippen molar-refractivity contribution in [2.75, 3.05) is 32.1 Å². The van der Waals surface area contributed by atoms with Crippen LogP contribution in [0.15, 0.2) is 18.2 Å². The van der Waals surface area contributed by atoms with Crippen molar-refractivity contribution in [2.24, 2.45) is 5.73 Å². The predicted molar refractivity (Wildman–Crippen MR) is 74.2 cm³/mol. The molecule has 0 saturated heterocycles. The van der Waals surface area contributed by atoms with Crippen LogP contribution < -0.4 is 5.73 Å². The van der Waals surface area contributed by atoms with Crippen LogP contribution in [0.25, 0.3) is 0 Å². The van der Waals surface area contributed by atoms with E-state index < -0.39 is 23.6 Å². The number of nitrogens with two attached hydrogens (primary N) is 1. The Bertz CT molecular complexity index is 437. The Balaban J connectivity index is 3.15. The molecule has 0 amide bonds. The molecule has 0 aliphatic heterocycles. The average molecular weight is 310 g/mol. The molecule has 2 nitrogen and oxygen atoms in total. The second kappa shape index (κ2) is 7.28. The maximum atomic E-state index is 13.1. The molecule has 2 N–H and O–H groups in total. The van der Waals surface area contributed by atoms with Gasteiger partial charge in [0.1, 0.15) is 5.82 Å². The number of benzene rings is 1. The van der Waals surface area contributed by atoms with Crippen LogP contribution in [0.4, 0.5) is 17.6 Å². The summed E-state index contributed by atoms with van der Waals surface area (Å²) in [4.78, 5) is 1.76. The molecule has 0 spiro atoms. The van der Waals surface area contributed by atoms with Gasteiger partial charge in [-0.15, -0.1) is 0 Å². The van der Waals surface area contributed by atoms with E-state index in [1.165, 1.54) is 6.07 Å². The minimum absolute atomic E-state index is 0.0185. The molecule has 0 bridgehead atoms. The number of thioether (sulfide) groups is 1. The average Bonchev–Trinajstić information content (AvgIpc) is 2.37. The molecule has 0 aliphatic carbocycles. The molecule has 0 aromatic heterocycles. The summed E-state index contributed by atoms with van der Waals surface area (Å²) < 4.78 is 52.1. The third-order valence-corrected chi connectivity index (χ3v) is 3.67. The molecular weight excluding hydrogens is 292 g/mol. The van der Waals surface area contributed by atoms with Crippen LogP contribution in [-0.4, -0.2) is 37.0 Å². The molecule has 1 aromatic rings. The van der Waals surface area contributed by atoms with Crippen molar-refractivity contribution >= 4 is 11.8 Å². The first-order valence-electron chi connectivity index (χ1n) is 6.07. The minimum atomic E-state index is -4.59. The maximum absolute atomic E-state index is 13.1. The standard InChI is InChI=1S/C13H18F4N2S/c1-19(5-6-20-2)12(8-18)10-4-3-9(14)7-11(10)13(15,16)17/h3-4,7,12H,5-6,8,18H2,1-2H3. The van der Waals surface area contributed by atoms with E-state index in [9.17, 15) is 17.6 Å². The van der Waals surface area contributed by atoms with Crippen LogP contribution in [0.5, 0.6) is 0 Å². The van der Waals surface area contributed by atoms with Crippen molar-refractivity contribution in [2.45, 2.75) is 12.2 Å². The van der Waals surface area contributed by atoms with Gasteiger partial charge in [-0.3, -0.25) is 4.90 Å². The third-order valence-electron chi connectivity index (χ3n) is 3.08. The normalized spacial score (nSPS) is 13.8. The minimum Gasteiger partial charge on any atom is -0.329 e. The molecule has 0 saturated carbocycles. The highest BCUT2D eigenvalue weighted by Gasteiger charge is 2.36. The first-order chi connectivity index (χ1) is 9.31. The molecule has 1 atom stereocenters. The zero-order valence-corrected chi connectivity index (χ0v) is 12.2. The molecule has 0 aliphatic rings. The third kappa shape index (κ3) is 4.36. The lowest BCUT2D eigenvalue weighted by atomic mass is 9.98. The van der Waals surface area contributed by atoms with E-state index in [0.29, 0.717) is 12.6 Å². The predicted octanol–water partition coefficient (Wildman–Crippen LogP) is 3.14. The molecule has 114 valence electrons. The van der Waals surface area contributed by atoms with Gasteiger partial charge in [-0.25, -0.2) is 4.39 Å². The molecule has 0 radical (unpaired) electrons. The van der Waals surface area contributed by atoms with Crippen LogP contribution in [0.3, 0.4) is 0 Å². The second-order valence-corrected chi connectivity index (χ2v) is 5.44. The smallest absolute Gasteiger partial charge is 0.329 e. The Labute approximate surface area is 120 Å². The van der Waals surface area contributed by atoms with Crippen LogP contribution in [-0.2, 0) is 6.18 Å². The van der Waals surface area contributed by atoms with Gasteiger partial charge in [0.15, 0.2) is 0 Å². The number of nitrogens with zero attached hydrogens (tertiary/aromatic N) is 1. The molecule has 1 rings (SSSR count). The number of alkyl halides is 3. The number of rotatable bonds is 6. The summed E-state index contributed by atoms with van der Waals surface area (Å²) >= 11 is 1.60. The van der Waals surface area contributed by atoms with E-state index in [4.69, 9.17) is 5.73 Å². The van der Waals surface area contributed by atoms with Gasteiger partial charge in [0.2, 0.25) is 0 Å². The van der Waals surface area contributed by atoms with Crippen molar-refractivity contribution in [3.63, 3.8) is 0 Å².